The molecule has 0 unspecified atom stereocenters. The smallest absolute Gasteiger partial charge is 0.237 e. The molecule has 0 fully saturated rings. The molecule has 1 amide bonds. The number of amides is 1. The molecule has 8 heteroatoms. The van der Waals surface area contributed by atoms with Crippen LogP contribution >= 0.6 is 11.8 Å². The fraction of sp³-hybridized carbons (Fsp3) is 0.214. The average Bonchev–Trinajstić information content (AvgIpc) is 2.41. The van der Waals surface area contributed by atoms with E-state index >= 15 is 0 Å². The quantitative estimate of drug-likeness (QED) is 0.382. The normalized spacial score (nSPS) is 11.9. The number of nitrogens with zero attached hydrogens (tertiary/aromatic N) is 2. The lowest BCUT2D eigenvalue weighted by Crippen LogP contribution is -2.23. The van der Waals surface area contributed by atoms with Gasteiger partial charge in [0.25, 0.3) is 0 Å². The van der Waals surface area contributed by atoms with Gasteiger partial charge in [0.15, 0.2) is 5.16 Å². The van der Waals surface area contributed by atoms with Gasteiger partial charge in [0.2, 0.25) is 5.91 Å². The van der Waals surface area contributed by atoms with Crippen LogP contribution < -0.4 is 22.5 Å². The van der Waals surface area contributed by atoms with E-state index < -0.39 is 5.25 Å². The van der Waals surface area contributed by atoms with Crippen molar-refractivity contribution >= 4 is 40.7 Å². The maximum atomic E-state index is 12.3. The van der Waals surface area contributed by atoms with E-state index in [2.05, 4.69) is 15.3 Å². The fourth-order valence-corrected chi connectivity index (χ4v) is 2.53. The number of nitrogen functional groups attached to an aromatic ring is 3. The van der Waals surface area contributed by atoms with Crippen molar-refractivity contribution in [1.29, 1.82) is 0 Å². The van der Waals surface area contributed by atoms with Gasteiger partial charge in [-0.2, -0.15) is 0 Å². The van der Waals surface area contributed by atoms with Crippen molar-refractivity contribution in [2.24, 2.45) is 0 Å². The number of carbonyl (C=O) groups is 1. The van der Waals surface area contributed by atoms with Gasteiger partial charge in [-0.25, -0.2) is 9.97 Å². The number of benzene rings is 1. The molecule has 1 atom stereocenters. The van der Waals surface area contributed by atoms with Gasteiger partial charge in [0, 0.05) is 17.4 Å². The third kappa shape index (κ3) is 4.01. The molecule has 22 heavy (non-hydrogen) atoms. The standard InChI is InChI=1S/C14H18N6OS/c1-7-3-4-9(15)5-10(7)18-13(21)8(2)22-14-19-11(16)6-12(17)20-14/h3-6,8H,15H2,1-2H3,(H,18,21)(H4,16,17,19,20)/t8-/m0/s1. The van der Waals surface area contributed by atoms with Gasteiger partial charge in [-0.3, -0.25) is 4.79 Å². The summed E-state index contributed by atoms with van der Waals surface area (Å²) in [6.07, 6.45) is 0. The number of rotatable bonds is 4. The number of hydrogen-bond donors (Lipinski definition) is 4. The Balaban J connectivity index is 2.07. The lowest BCUT2D eigenvalue weighted by Gasteiger charge is -2.13. The van der Waals surface area contributed by atoms with E-state index in [0.29, 0.717) is 16.5 Å². The molecular weight excluding hydrogens is 300 g/mol. The third-order valence-corrected chi connectivity index (χ3v) is 3.88. The van der Waals surface area contributed by atoms with E-state index in [1.807, 2.05) is 13.0 Å². The number of thioether (sulfide) groups is 1. The van der Waals surface area contributed by atoms with Crippen molar-refractivity contribution in [1.82, 2.24) is 9.97 Å². The van der Waals surface area contributed by atoms with Crippen LogP contribution in [-0.2, 0) is 4.79 Å². The number of carbonyl (C=O) groups excluding carboxylic acids is 1. The zero-order valence-electron chi connectivity index (χ0n) is 12.3. The first-order valence-electron chi connectivity index (χ1n) is 6.59. The lowest BCUT2D eigenvalue weighted by molar-refractivity contribution is -0.115. The number of nitrogens with one attached hydrogen (secondary N) is 1. The Kier molecular flexibility index (Phi) is 4.71. The Morgan fingerprint density at radius 3 is 2.45 bits per heavy atom. The van der Waals surface area contributed by atoms with Crippen LogP contribution in [-0.4, -0.2) is 21.1 Å². The predicted octanol–water partition coefficient (Wildman–Crippen LogP) is 1.65. The minimum atomic E-state index is -0.415. The molecule has 1 heterocycles. The molecule has 1 aromatic carbocycles. The summed E-state index contributed by atoms with van der Waals surface area (Å²) in [7, 11) is 0. The van der Waals surface area contributed by atoms with E-state index in [1.54, 1.807) is 19.1 Å². The number of hydrogen-bond acceptors (Lipinski definition) is 7. The Bertz CT molecular complexity index is 685. The predicted molar refractivity (Wildman–Crippen MR) is 90.4 cm³/mol. The van der Waals surface area contributed by atoms with E-state index in [9.17, 15) is 4.79 Å². The molecule has 7 nitrogen and oxygen atoms in total. The second kappa shape index (κ2) is 6.52. The summed E-state index contributed by atoms with van der Waals surface area (Å²) in [6, 6.07) is 6.82. The Morgan fingerprint density at radius 2 is 1.82 bits per heavy atom. The zero-order valence-corrected chi connectivity index (χ0v) is 13.1. The van der Waals surface area contributed by atoms with Crippen molar-refractivity contribution in [2.45, 2.75) is 24.3 Å². The summed E-state index contributed by atoms with van der Waals surface area (Å²) >= 11 is 1.18. The van der Waals surface area contributed by atoms with Crippen molar-refractivity contribution in [3.63, 3.8) is 0 Å². The van der Waals surface area contributed by atoms with Gasteiger partial charge in [-0.15, -0.1) is 0 Å². The summed E-state index contributed by atoms with van der Waals surface area (Å²) in [5.41, 5.74) is 19.2. The first kappa shape index (κ1) is 15.9. The molecular formula is C14H18N6OS. The van der Waals surface area contributed by atoms with Crippen LogP contribution in [0.25, 0.3) is 0 Å². The number of aryl methyl sites for hydroxylation is 1. The molecule has 0 aliphatic heterocycles. The van der Waals surface area contributed by atoms with Gasteiger partial charge in [0.05, 0.1) is 5.25 Å². The first-order chi connectivity index (χ1) is 10.3. The third-order valence-electron chi connectivity index (χ3n) is 2.92. The largest absolute Gasteiger partial charge is 0.399 e. The van der Waals surface area contributed by atoms with Crippen LogP contribution in [0, 0.1) is 6.92 Å². The fourth-order valence-electron chi connectivity index (χ4n) is 1.73. The second-order valence-electron chi connectivity index (χ2n) is 4.82. The summed E-state index contributed by atoms with van der Waals surface area (Å²) in [5.74, 6) is 0.367. The van der Waals surface area contributed by atoms with Crippen molar-refractivity contribution in [3.8, 4) is 0 Å². The van der Waals surface area contributed by atoms with Crippen LogP contribution in [0.15, 0.2) is 29.4 Å². The molecule has 0 radical (unpaired) electrons. The molecule has 0 saturated heterocycles. The maximum Gasteiger partial charge on any atom is 0.237 e. The summed E-state index contributed by atoms with van der Waals surface area (Å²) in [6.45, 7) is 3.65. The average molecular weight is 318 g/mol. The highest BCUT2D eigenvalue weighted by atomic mass is 32.2. The molecule has 2 rings (SSSR count). The molecule has 7 N–H and O–H groups in total. The lowest BCUT2D eigenvalue weighted by atomic mass is 10.2. The zero-order chi connectivity index (χ0) is 16.3. The van der Waals surface area contributed by atoms with Crippen LogP contribution in [0.4, 0.5) is 23.0 Å². The van der Waals surface area contributed by atoms with Gasteiger partial charge < -0.3 is 22.5 Å². The monoisotopic (exact) mass is 318 g/mol. The van der Waals surface area contributed by atoms with Crippen molar-refractivity contribution in [2.75, 3.05) is 22.5 Å². The second-order valence-corrected chi connectivity index (χ2v) is 6.13. The van der Waals surface area contributed by atoms with Gasteiger partial charge in [-0.1, -0.05) is 17.8 Å². The van der Waals surface area contributed by atoms with Crippen LogP contribution in [0.2, 0.25) is 0 Å². The summed E-state index contributed by atoms with van der Waals surface area (Å²) in [4.78, 5) is 20.3. The van der Waals surface area contributed by atoms with E-state index in [0.717, 1.165) is 5.56 Å². The Labute approximate surface area is 132 Å². The van der Waals surface area contributed by atoms with E-state index in [4.69, 9.17) is 17.2 Å². The van der Waals surface area contributed by atoms with Crippen molar-refractivity contribution < 1.29 is 4.79 Å². The minimum absolute atomic E-state index is 0.178. The molecule has 2 aromatic rings. The summed E-state index contributed by atoms with van der Waals surface area (Å²) < 4.78 is 0. The van der Waals surface area contributed by atoms with E-state index in [1.165, 1.54) is 17.8 Å². The highest BCUT2D eigenvalue weighted by Crippen LogP contribution is 2.24. The molecule has 0 spiro atoms. The number of anilines is 4. The molecule has 116 valence electrons. The maximum absolute atomic E-state index is 12.3. The number of aromatic nitrogens is 2. The molecule has 0 bridgehead atoms. The molecule has 0 aliphatic rings. The Morgan fingerprint density at radius 1 is 1.18 bits per heavy atom. The summed E-state index contributed by atoms with van der Waals surface area (Å²) in [5, 5.41) is 2.79. The Hall–Kier alpha value is -2.48. The van der Waals surface area contributed by atoms with Crippen LogP contribution in [0.5, 0.6) is 0 Å². The SMILES string of the molecule is Cc1ccc(N)cc1NC(=O)[C@H](C)Sc1nc(N)cc(N)n1. The molecule has 1 aromatic heterocycles. The highest BCUT2D eigenvalue weighted by Gasteiger charge is 2.17. The van der Waals surface area contributed by atoms with Crippen LogP contribution in [0.3, 0.4) is 0 Å². The van der Waals surface area contributed by atoms with Gasteiger partial charge >= 0.3 is 0 Å². The van der Waals surface area contributed by atoms with Gasteiger partial charge in [-0.05, 0) is 31.5 Å². The number of nitrogens with two attached hydrogens (primary N) is 3. The minimum Gasteiger partial charge on any atom is -0.399 e. The topological polar surface area (TPSA) is 133 Å². The first-order valence-corrected chi connectivity index (χ1v) is 7.47. The molecule has 0 aliphatic carbocycles. The van der Waals surface area contributed by atoms with E-state index in [-0.39, 0.29) is 17.5 Å². The van der Waals surface area contributed by atoms with Crippen molar-refractivity contribution in [3.05, 3.63) is 29.8 Å². The molecule has 0 saturated carbocycles. The highest BCUT2D eigenvalue weighted by molar-refractivity contribution is 8.00. The van der Waals surface area contributed by atoms with Crippen LogP contribution in [0.1, 0.15) is 12.5 Å². The van der Waals surface area contributed by atoms with Gasteiger partial charge in [0.1, 0.15) is 11.6 Å².